The molecule has 0 aromatic carbocycles. The van der Waals surface area contributed by atoms with Gasteiger partial charge in [0.15, 0.2) is 5.82 Å². The number of aromatic amines is 1. The van der Waals surface area contributed by atoms with Crippen molar-refractivity contribution in [2.75, 3.05) is 5.32 Å². The fraction of sp³-hybridized carbons (Fsp3) is 0.200. The van der Waals surface area contributed by atoms with Crippen LogP contribution in [0.2, 0.25) is 0 Å². The third-order valence-electron chi connectivity index (χ3n) is 1.03. The minimum Gasteiger partial charge on any atom is -0.347 e. The summed E-state index contributed by atoms with van der Waals surface area (Å²) in [5.74, 6) is 0.588. The van der Waals surface area contributed by atoms with Crippen molar-refractivity contribution in [3.63, 3.8) is 0 Å². The summed E-state index contributed by atoms with van der Waals surface area (Å²) in [6.45, 7) is 1.83. The van der Waals surface area contributed by atoms with Crippen LogP contribution in [0.5, 0.6) is 0 Å². The van der Waals surface area contributed by atoms with Crippen LogP contribution in [0.3, 0.4) is 0 Å². The number of nitrogens with one attached hydrogen (secondary N) is 2. The SMILES string of the molecule is Cc1[nH]cnc1NC=O. The normalized spacial score (nSPS) is 9.00. The van der Waals surface area contributed by atoms with Crippen LogP contribution in [-0.4, -0.2) is 16.4 Å². The standard InChI is InChI=1S/C5H7N3O/c1-4-5(8-3-9)7-2-6-4/h2-3H,1H3,(H,6,7)(H,8,9). The molecule has 1 heterocycles. The smallest absolute Gasteiger partial charge is 0.212 e. The summed E-state index contributed by atoms with van der Waals surface area (Å²) >= 11 is 0. The van der Waals surface area contributed by atoms with Crippen LogP contribution in [0.4, 0.5) is 5.82 Å². The molecule has 0 aliphatic carbocycles. The van der Waals surface area contributed by atoms with Crippen LogP contribution >= 0.6 is 0 Å². The van der Waals surface area contributed by atoms with Gasteiger partial charge in [0, 0.05) is 0 Å². The third kappa shape index (κ3) is 1.07. The molecule has 2 N–H and O–H groups in total. The molecule has 0 saturated carbocycles. The molecule has 1 rings (SSSR count). The number of amides is 1. The van der Waals surface area contributed by atoms with Gasteiger partial charge in [0.2, 0.25) is 6.41 Å². The van der Waals surface area contributed by atoms with Gasteiger partial charge in [-0.3, -0.25) is 4.79 Å². The lowest BCUT2D eigenvalue weighted by Gasteiger charge is -1.89. The van der Waals surface area contributed by atoms with E-state index in [9.17, 15) is 4.79 Å². The van der Waals surface area contributed by atoms with Crippen molar-refractivity contribution >= 4 is 12.2 Å². The van der Waals surface area contributed by atoms with Gasteiger partial charge in [-0.2, -0.15) is 0 Å². The monoisotopic (exact) mass is 125 g/mol. The molecule has 0 radical (unpaired) electrons. The first kappa shape index (κ1) is 5.81. The summed E-state index contributed by atoms with van der Waals surface area (Å²) in [4.78, 5) is 16.5. The number of imidazole rings is 1. The van der Waals surface area contributed by atoms with Crippen LogP contribution in [0.15, 0.2) is 6.33 Å². The van der Waals surface area contributed by atoms with Gasteiger partial charge in [0.25, 0.3) is 0 Å². The van der Waals surface area contributed by atoms with Gasteiger partial charge in [-0.25, -0.2) is 4.98 Å². The molecule has 0 unspecified atom stereocenters. The number of nitrogens with zero attached hydrogens (tertiary/aromatic N) is 1. The highest BCUT2D eigenvalue weighted by molar-refractivity contribution is 5.69. The molecule has 4 heteroatoms. The molecule has 1 aromatic rings. The molecule has 1 amide bonds. The molecular formula is C5H7N3O. The highest BCUT2D eigenvalue weighted by atomic mass is 16.1. The predicted molar refractivity (Wildman–Crippen MR) is 33.0 cm³/mol. The number of anilines is 1. The van der Waals surface area contributed by atoms with Crippen molar-refractivity contribution in [1.82, 2.24) is 9.97 Å². The molecule has 0 aliphatic rings. The van der Waals surface area contributed by atoms with E-state index < -0.39 is 0 Å². The summed E-state index contributed by atoms with van der Waals surface area (Å²) in [7, 11) is 0. The lowest BCUT2D eigenvalue weighted by atomic mass is 10.5. The van der Waals surface area contributed by atoms with Crippen molar-refractivity contribution in [3.05, 3.63) is 12.0 Å². The second-order valence-corrected chi connectivity index (χ2v) is 1.64. The average Bonchev–Trinajstić information content (AvgIpc) is 2.18. The molecular weight excluding hydrogens is 118 g/mol. The molecule has 0 saturated heterocycles. The van der Waals surface area contributed by atoms with E-state index in [0.717, 1.165) is 5.69 Å². The Balaban J connectivity index is 2.80. The lowest BCUT2D eigenvalue weighted by Crippen LogP contribution is -1.94. The van der Waals surface area contributed by atoms with Crippen molar-refractivity contribution in [2.24, 2.45) is 0 Å². The molecule has 4 nitrogen and oxygen atoms in total. The fourth-order valence-electron chi connectivity index (χ4n) is 0.560. The lowest BCUT2D eigenvalue weighted by molar-refractivity contribution is -0.105. The van der Waals surface area contributed by atoms with E-state index in [4.69, 9.17) is 0 Å². The molecule has 0 bridgehead atoms. The Kier molecular flexibility index (Phi) is 1.48. The first-order valence-corrected chi connectivity index (χ1v) is 2.54. The largest absolute Gasteiger partial charge is 0.347 e. The number of hydrogen-bond acceptors (Lipinski definition) is 2. The van der Waals surface area contributed by atoms with Crippen molar-refractivity contribution in [3.8, 4) is 0 Å². The third-order valence-corrected chi connectivity index (χ3v) is 1.03. The Morgan fingerprint density at radius 1 is 1.89 bits per heavy atom. The van der Waals surface area contributed by atoms with Crippen LogP contribution < -0.4 is 5.32 Å². The quantitative estimate of drug-likeness (QED) is 0.558. The van der Waals surface area contributed by atoms with Crippen LogP contribution in [0, 0.1) is 6.92 Å². The zero-order valence-corrected chi connectivity index (χ0v) is 5.01. The van der Waals surface area contributed by atoms with Gasteiger partial charge in [-0.05, 0) is 6.92 Å². The van der Waals surface area contributed by atoms with Gasteiger partial charge >= 0.3 is 0 Å². The number of aryl methyl sites for hydroxylation is 1. The molecule has 9 heavy (non-hydrogen) atoms. The van der Waals surface area contributed by atoms with Gasteiger partial charge in [-0.15, -0.1) is 0 Å². The maximum Gasteiger partial charge on any atom is 0.212 e. The Hall–Kier alpha value is -1.32. The molecule has 1 aromatic heterocycles. The number of aromatic nitrogens is 2. The van der Waals surface area contributed by atoms with E-state index in [0.29, 0.717) is 12.2 Å². The van der Waals surface area contributed by atoms with Gasteiger partial charge in [0.05, 0.1) is 12.0 Å². The first-order chi connectivity index (χ1) is 4.34. The number of carbonyl (C=O) groups is 1. The van der Waals surface area contributed by atoms with Crippen molar-refractivity contribution < 1.29 is 4.79 Å². The number of H-pyrrole nitrogens is 1. The van der Waals surface area contributed by atoms with E-state index >= 15 is 0 Å². The summed E-state index contributed by atoms with van der Waals surface area (Å²) < 4.78 is 0. The van der Waals surface area contributed by atoms with E-state index in [1.807, 2.05) is 6.92 Å². The van der Waals surface area contributed by atoms with Gasteiger partial charge in [0.1, 0.15) is 0 Å². The maximum atomic E-state index is 9.86. The van der Waals surface area contributed by atoms with Crippen molar-refractivity contribution in [2.45, 2.75) is 6.92 Å². The molecule has 0 atom stereocenters. The predicted octanol–water partition coefficient (Wildman–Crippen LogP) is 0.286. The summed E-state index contributed by atoms with van der Waals surface area (Å²) in [5, 5.41) is 2.43. The molecule has 48 valence electrons. The first-order valence-electron chi connectivity index (χ1n) is 2.54. The van der Waals surface area contributed by atoms with E-state index in [2.05, 4.69) is 15.3 Å². The zero-order valence-electron chi connectivity index (χ0n) is 5.01. The number of rotatable bonds is 2. The van der Waals surface area contributed by atoms with Gasteiger partial charge in [-0.1, -0.05) is 0 Å². The maximum absolute atomic E-state index is 9.86. The summed E-state index contributed by atoms with van der Waals surface area (Å²) in [6, 6.07) is 0. The van der Waals surface area contributed by atoms with E-state index in [1.54, 1.807) is 0 Å². The highest BCUT2D eigenvalue weighted by Gasteiger charge is 1.95. The Morgan fingerprint density at radius 3 is 3.11 bits per heavy atom. The molecule has 0 aliphatic heterocycles. The van der Waals surface area contributed by atoms with Crippen LogP contribution in [0.1, 0.15) is 5.69 Å². The van der Waals surface area contributed by atoms with Gasteiger partial charge < -0.3 is 10.3 Å². The molecule has 0 fully saturated rings. The Labute approximate surface area is 52.3 Å². The van der Waals surface area contributed by atoms with E-state index in [-0.39, 0.29) is 0 Å². The highest BCUT2D eigenvalue weighted by Crippen LogP contribution is 2.04. The van der Waals surface area contributed by atoms with Crippen LogP contribution in [0.25, 0.3) is 0 Å². The second kappa shape index (κ2) is 2.30. The average molecular weight is 125 g/mol. The minimum atomic E-state index is 0.588. The minimum absolute atomic E-state index is 0.588. The fourth-order valence-corrected chi connectivity index (χ4v) is 0.560. The molecule has 0 spiro atoms. The zero-order chi connectivity index (χ0) is 6.69. The Morgan fingerprint density at radius 2 is 2.67 bits per heavy atom. The second-order valence-electron chi connectivity index (χ2n) is 1.64. The summed E-state index contributed by atoms with van der Waals surface area (Å²) in [5.41, 5.74) is 0.863. The van der Waals surface area contributed by atoms with E-state index in [1.165, 1.54) is 6.33 Å². The summed E-state index contributed by atoms with van der Waals surface area (Å²) in [6.07, 6.45) is 2.13. The topological polar surface area (TPSA) is 57.8 Å². The number of carbonyl (C=O) groups excluding carboxylic acids is 1. The van der Waals surface area contributed by atoms with Crippen molar-refractivity contribution in [1.29, 1.82) is 0 Å². The Bertz CT molecular complexity index is 206. The number of hydrogen-bond donors (Lipinski definition) is 2. The van der Waals surface area contributed by atoms with Crippen LogP contribution in [-0.2, 0) is 4.79 Å².